The normalized spacial score (nSPS) is 17.1. The molecule has 0 saturated carbocycles. The second-order valence-electron chi connectivity index (χ2n) is 27.7. The second kappa shape index (κ2) is 31.6. The van der Waals surface area contributed by atoms with Crippen molar-refractivity contribution in [2.75, 3.05) is 55.2 Å². The van der Waals surface area contributed by atoms with Crippen molar-refractivity contribution in [1.29, 1.82) is 0 Å². The maximum absolute atomic E-state index is 13.4. The van der Waals surface area contributed by atoms with Gasteiger partial charge < -0.3 is 38.6 Å². The quantitative estimate of drug-likeness (QED) is 0.0546. The molecular weight excluding hydrogens is 1400 g/mol. The van der Waals surface area contributed by atoms with Crippen molar-refractivity contribution in [2.24, 2.45) is 17.8 Å². The topological polar surface area (TPSA) is 334 Å². The molecule has 3 atom stereocenters. The fourth-order valence-corrected chi connectivity index (χ4v) is 16.4. The first-order chi connectivity index (χ1) is 49.7. The Balaban J connectivity index is 0.000000170. The molecule has 0 radical (unpaired) electrons. The summed E-state index contributed by atoms with van der Waals surface area (Å²) in [6.07, 6.45) is 7.27. The molecule has 105 heavy (non-hydrogen) atoms. The van der Waals surface area contributed by atoms with E-state index >= 15 is 0 Å². The number of anilines is 3. The maximum Gasteiger partial charge on any atom is 0.281 e. The minimum Gasteiger partial charge on any atom is -0.497 e. The number of methoxy groups -OCH3 is 2. The van der Waals surface area contributed by atoms with E-state index in [1.807, 2.05) is 46.0 Å². The van der Waals surface area contributed by atoms with Crippen LogP contribution in [0.5, 0.6) is 29.0 Å². The zero-order chi connectivity index (χ0) is 75.8. The lowest BCUT2D eigenvalue weighted by atomic mass is 9.97. The largest absolute Gasteiger partial charge is 0.497 e. The predicted molar refractivity (Wildman–Crippen MR) is 399 cm³/mol. The lowest BCUT2D eigenvalue weighted by Crippen LogP contribution is -2.41. The summed E-state index contributed by atoms with van der Waals surface area (Å²) in [6.45, 7) is 22.7. The monoisotopic (exact) mass is 1480 g/mol. The van der Waals surface area contributed by atoms with E-state index in [-0.39, 0.29) is 61.7 Å². The van der Waals surface area contributed by atoms with E-state index in [9.17, 15) is 44.4 Å². The molecular formula is C76H84N12O14S3. The fraction of sp³-hybridized carbons (Fsp3) is 0.329. The molecule has 3 amide bonds. The Morgan fingerprint density at radius 2 is 1.05 bits per heavy atom. The molecule has 12 rings (SSSR count). The van der Waals surface area contributed by atoms with Gasteiger partial charge in [0.2, 0.25) is 11.8 Å². The van der Waals surface area contributed by atoms with Crippen LogP contribution in [0.25, 0.3) is 22.0 Å². The third-order valence-electron chi connectivity index (χ3n) is 18.0. The number of nitrogens with one attached hydrogen (secondary N) is 4. The molecule has 3 aliphatic heterocycles. The van der Waals surface area contributed by atoms with Gasteiger partial charge in [0.15, 0.2) is 21.6 Å². The number of aromatic amines is 1. The van der Waals surface area contributed by atoms with Gasteiger partial charge in [-0.2, -0.15) is 26.8 Å². The van der Waals surface area contributed by atoms with Crippen molar-refractivity contribution in [3.63, 3.8) is 0 Å². The van der Waals surface area contributed by atoms with Crippen LogP contribution in [0.2, 0.25) is 0 Å². The van der Waals surface area contributed by atoms with Crippen molar-refractivity contribution >= 4 is 76.0 Å². The average Bonchev–Trinajstić information content (AvgIpc) is 1.70. The van der Waals surface area contributed by atoms with Crippen LogP contribution in [0.1, 0.15) is 120 Å². The number of benzene rings is 3. The zero-order valence-corrected chi connectivity index (χ0v) is 62.7. The first-order valence-electron chi connectivity index (χ1n) is 33.7. The summed E-state index contributed by atoms with van der Waals surface area (Å²) >= 11 is 0. The number of rotatable bonds is 19. The predicted octanol–water partition coefficient (Wildman–Crippen LogP) is 11.0. The Kier molecular flexibility index (Phi) is 23.0. The van der Waals surface area contributed by atoms with E-state index in [0.717, 1.165) is 49.2 Å². The van der Waals surface area contributed by atoms with E-state index in [1.165, 1.54) is 48.7 Å². The van der Waals surface area contributed by atoms with Crippen LogP contribution in [0.15, 0.2) is 184 Å². The van der Waals surface area contributed by atoms with Crippen LogP contribution in [0.4, 0.5) is 17.5 Å². The van der Waals surface area contributed by atoms with Crippen molar-refractivity contribution < 1.29 is 58.6 Å². The number of H-pyrrole nitrogens is 1. The van der Waals surface area contributed by atoms with Crippen LogP contribution in [0, 0.1) is 29.6 Å². The lowest BCUT2D eigenvalue weighted by molar-refractivity contribution is 0.0972. The molecule has 0 aliphatic carbocycles. The minimum atomic E-state index is -4.43. The average molecular weight is 1490 g/mol. The molecule has 9 heterocycles. The van der Waals surface area contributed by atoms with Gasteiger partial charge in [-0.05, 0) is 176 Å². The summed E-state index contributed by atoms with van der Waals surface area (Å²) < 4.78 is 106. The lowest BCUT2D eigenvalue weighted by Gasteiger charge is -2.34. The molecule has 3 aromatic carbocycles. The third-order valence-corrected chi connectivity index (χ3v) is 21.8. The van der Waals surface area contributed by atoms with Gasteiger partial charge in [0, 0.05) is 77.9 Å². The number of carbonyl (C=O) groups excluding carboxylic acids is 3. The summed E-state index contributed by atoms with van der Waals surface area (Å²) in [5.41, 5.74) is 0.0690. The van der Waals surface area contributed by atoms with Gasteiger partial charge in [0.1, 0.15) is 34.7 Å². The molecule has 550 valence electrons. The summed E-state index contributed by atoms with van der Waals surface area (Å²) in [6, 6.07) is 39.4. The van der Waals surface area contributed by atoms with Crippen LogP contribution >= 0.6 is 0 Å². The second-order valence-corrected chi connectivity index (χ2v) is 32.6. The van der Waals surface area contributed by atoms with Gasteiger partial charge in [0.05, 0.1) is 36.6 Å². The highest BCUT2D eigenvalue weighted by Gasteiger charge is 2.42. The number of carbonyl (C=O) groups is 3. The zero-order valence-electron chi connectivity index (χ0n) is 60.3. The maximum atomic E-state index is 13.4. The highest BCUT2D eigenvalue weighted by Crippen LogP contribution is 2.42. The van der Waals surface area contributed by atoms with Crippen LogP contribution in [0.3, 0.4) is 0 Å². The van der Waals surface area contributed by atoms with Gasteiger partial charge in [-0.3, -0.25) is 19.2 Å². The molecule has 6 aromatic heterocycles. The molecule has 26 nitrogen and oxygen atoms in total. The number of sulfonamides is 3. The van der Waals surface area contributed by atoms with E-state index < -0.39 is 58.2 Å². The van der Waals surface area contributed by atoms with E-state index in [1.54, 1.807) is 94.2 Å². The Morgan fingerprint density at radius 3 is 1.57 bits per heavy atom. The molecule has 0 bridgehead atoms. The number of amides is 3. The third kappa shape index (κ3) is 17.8. The molecule has 29 heteroatoms. The standard InChI is InChI=1S/C28H28N4O4S.C26H30N4O6S.C22H26N4O4S/c1-19-17-28(2,3)32(18-19)26-22(12-8-16-29-26)27(33)31-37(34,35)25-15-7-14-24(30-25)36-23-13-6-10-20-9-4-5-11-21(20)23;1-16-14-26(2,3)30(15-16)23-18(24(31)29-37(33,34)22-7-6-12-27-25(22)32)9-10-20(28-23)19-13-17(35-4)8-11-21(19)36-5;1-5-6-13-30-18-10-7-11-19(24-18)31(28,29)25-21(27)17-9-8-12-23-20(17)26-15-16(2)14-22(26,3)4/h4-16,19H,17-18H2,1-3H3,(H,31,33);6-13,16H,14-15H2,1-5H3,(H,27,32)(H,29,31);7-12,16H,13-15H2,1-4H3,(H,25,27)/t;16-;/m.0./s1. The Hall–Kier alpha value is -11.0. The molecule has 3 saturated heterocycles. The molecule has 0 spiro atoms. The summed E-state index contributed by atoms with van der Waals surface area (Å²) in [7, 11) is -9.81. The van der Waals surface area contributed by atoms with Gasteiger partial charge >= 0.3 is 0 Å². The summed E-state index contributed by atoms with van der Waals surface area (Å²) in [4.78, 5) is 81.3. The van der Waals surface area contributed by atoms with Crippen LogP contribution < -0.4 is 53.4 Å². The SMILES string of the molecule is CC#CCOc1cccc(S(=O)(=O)NC(=O)c2cccnc2N2CC(C)CC2(C)C)n1.CC1CN(c2ncccc2C(=O)NS(=O)(=O)c2cccc(Oc3cccc4ccccc34)n2)C(C)(C)C1.COc1ccc(OC)c(-c2ccc(C(=O)NS(=O)(=O)c3ccc[nH]c3=O)c(N3C[C@@H](C)CC3(C)C)n2)c1. The highest BCUT2D eigenvalue weighted by molar-refractivity contribution is 7.90. The Bertz CT molecular complexity index is 5230. The van der Waals surface area contributed by atoms with Crippen molar-refractivity contribution in [3.05, 3.63) is 191 Å². The first-order valence-corrected chi connectivity index (χ1v) is 38.2. The Labute approximate surface area is 611 Å². The van der Waals surface area contributed by atoms with Crippen LogP contribution in [-0.2, 0) is 30.1 Å². The van der Waals surface area contributed by atoms with E-state index in [2.05, 4.69) is 118 Å². The van der Waals surface area contributed by atoms with Crippen molar-refractivity contribution in [1.82, 2.24) is 44.1 Å². The number of nitrogens with zero attached hydrogens (tertiary/aromatic N) is 8. The fourth-order valence-electron chi connectivity index (χ4n) is 13.6. The molecule has 3 aliphatic rings. The smallest absolute Gasteiger partial charge is 0.281 e. The van der Waals surface area contributed by atoms with Crippen molar-refractivity contribution in [3.8, 4) is 52.1 Å². The number of aromatic nitrogens is 6. The highest BCUT2D eigenvalue weighted by atomic mass is 32.2. The minimum absolute atomic E-state index is 0.0729. The van der Waals surface area contributed by atoms with Gasteiger partial charge in [-0.15, -0.1) is 5.92 Å². The number of pyridine rings is 6. The summed E-state index contributed by atoms with van der Waals surface area (Å²) in [5.74, 6) is 7.35. The first kappa shape index (κ1) is 76.7. The van der Waals surface area contributed by atoms with Gasteiger partial charge in [-0.25, -0.2) is 37.5 Å². The Morgan fingerprint density at radius 1 is 0.543 bits per heavy atom. The molecule has 9 aromatic rings. The number of hydrogen-bond donors (Lipinski definition) is 4. The van der Waals surface area contributed by atoms with Gasteiger partial charge in [0.25, 0.3) is 53.4 Å². The van der Waals surface area contributed by atoms with E-state index in [4.69, 9.17) is 23.9 Å². The van der Waals surface area contributed by atoms with Crippen LogP contribution in [-0.4, -0.2) is 130 Å². The molecule has 4 N–H and O–H groups in total. The van der Waals surface area contributed by atoms with E-state index in [0.29, 0.717) is 70.3 Å². The van der Waals surface area contributed by atoms with Gasteiger partial charge in [-0.1, -0.05) is 75.2 Å². The number of ether oxygens (including phenoxy) is 4. The number of fused-ring (bicyclic) bond motifs is 1. The molecule has 2 unspecified atom stereocenters. The molecule has 3 fully saturated rings. The van der Waals surface area contributed by atoms with Crippen molar-refractivity contribution in [2.45, 2.75) is 120 Å². The number of hydrogen-bond acceptors (Lipinski definition) is 22. The summed E-state index contributed by atoms with van der Waals surface area (Å²) in [5, 5.41) is 1.22.